The number of hydrogen-bond acceptors (Lipinski definition) is 4. The number of nitro groups is 1. The highest BCUT2D eigenvalue weighted by Crippen LogP contribution is 2.26. The number of Topliss-reactive ketones (excluding diaryl/α,β-unsaturated/α-hetero) is 1. The molecule has 0 spiro atoms. The molecular weight excluding hydrogens is 246 g/mol. The maximum Gasteiger partial charge on any atom is 0.236 e. The van der Waals surface area contributed by atoms with Gasteiger partial charge in [0.1, 0.15) is 5.78 Å². The summed E-state index contributed by atoms with van der Waals surface area (Å²) >= 11 is 0. The van der Waals surface area contributed by atoms with E-state index in [-0.39, 0.29) is 24.2 Å². The van der Waals surface area contributed by atoms with Crippen molar-refractivity contribution < 1.29 is 14.8 Å². The summed E-state index contributed by atoms with van der Waals surface area (Å²) in [5, 5.41) is 20.7. The first-order valence-electron chi connectivity index (χ1n) is 6.41. The van der Waals surface area contributed by atoms with Crippen molar-refractivity contribution in [1.29, 1.82) is 0 Å². The second-order valence-corrected chi connectivity index (χ2v) is 5.02. The van der Waals surface area contributed by atoms with Crippen LogP contribution in [0.15, 0.2) is 23.4 Å². The van der Waals surface area contributed by atoms with E-state index in [1.54, 1.807) is 6.92 Å². The Morgan fingerprint density at radius 1 is 1.37 bits per heavy atom. The van der Waals surface area contributed by atoms with Crippen LogP contribution < -0.4 is 0 Å². The van der Waals surface area contributed by atoms with Gasteiger partial charge in [0.05, 0.1) is 10.5 Å². The van der Waals surface area contributed by atoms with Crippen LogP contribution in [0.4, 0.5) is 0 Å². The van der Waals surface area contributed by atoms with Crippen LogP contribution in [0.1, 0.15) is 53.4 Å². The monoisotopic (exact) mass is 269 g/mol. The molecule has 0 bridgehead atoms. The van der Waals surface area contributed by atoms with Crippen molar-refractivity contribution in [2.45, 2.75) is 59.0 Å². The molecule has 5 heteroatoms. The summed E-state index contributed by atoms with van der Waals surface area (Å²) in [7, 11) is 0. The van der Waals surface area contributed by atoms with Gasteiger partial charge in [0.2, 0.25) is 6.20 Å². The lowest BCUT2D eigenvalue weighted by Gasteiger charge is -2.25. The summed E-state index contributed by atoms with van der Waals surface area (Å²) in [6.45, 7) is 7.10. The van der Waals surface area contributed by atoms with E-state index in [2.05, 4.69) is 0 Å². The molecule has 0 aliphatic heterocycles. The molecule has 0 heterocycles. The van der Waals surface area contributed by atoms with E-state index in [1.165, 1.54) is 6.92 Å². The van der Waals surface area contributed by atoms with E-state index in [4.69, 9.17) is 0 Å². The lowest BCUT2D eigenvalue weighted by Crippen LogP contribution is -2.32. The third-order valence-electron chi connectivity index (χ3n) is 3.08. The fraction of sp³-hybridized carbons (Fsp3) is 0.643. The van der Waals surface area contributed by atoms with Crippen molar-refractivity contribution in [2.75, 3.05) is 0 Å². The zero-order chi connectivity index (χ0) is 15.1. The molecule has 1 N–H and O–H groups in total. The Kier molecular flexibility index (Phi) is 7.22. The molecule has 0 fully saturated rings. The number of carbonyl (C=O) groups excluding carboxylic acids is 1. The fourth-order valence-electron chi connectivity index (χ4n) is 1.76. The van der Waals surface area contributed by atoms with Gasteiger partial charge in [-0.25, -0.2) is 0 Å². The van der Waals surface area contributed by atoms with E-state index >= 15 is 0 Å². The summed E-state index contributed by atoms with van der Waals surface area (Å²) in [5.41, 5.74) is -0.0478. The van der Waals surface area contributed by atoms with Gasteiger partial charge in [0, 0.05) is 18.4 Å². The standard InChI is InChI=1S/C14H23NO4/c1-5-14(17,12(4)10-15(18)19)9-13(16)8-6-7-11(2)3/h7,10,17H,5-6,8-9H2,1-4H3/b12-10+. The molecule has 0 aromatic carbocycles. The minimum atomic E-state index is -1.41. The third kappa shape index (κ3) is 6.86. The fourth-order valence-corrected chi connectivity index (χ4v) is 1.76. The van der Waals surface area contributed by atoms with Gasteiger partial charge >= 0.3 is 0 Å². The first-order valence-corrected chi connectivity index (χ1v) is 6.41. The average Bonchev–Trinajstić information content (AvgIpc) is 2.27. The minimum Gasteiger partial charge on any atom is -0.385 e. The average molecular weight is 269 g/mol. The van der Waals surface area contributed by atoms with Crippen LogP contribution in [-0.2, 0) is 4.79 Å². The lowest BCUT2D eigenvalue weighted by atomic mass is 9.86. The van der Waals surface area contributed by atoms with Gasteiger partial charge in [-0.3, -0.25) is 14.9 Å². The molecule has 0 amide bonds. The van der Waals surface area contributed by atoms with Gasteiger partial charge in [0.15, 0.2) is 0 Å². The van der Waals surface area contributed by atoms with E-state index in [0.29, 0.717) is 12.8 Å². The molecule has 108 valence electrons. The summed E-state index contributed by atoms with van der Waals surface area (Å²) in [5.74, 6) is -0.0852. The second-order valence-electron chi connectivity index (χ2n) is 5.02. The Bertz CT molecular complexity index is 394. The zero-order valence-corrected chi connectivity index (χ0v) is 12.1. The van der Waals surface area contributed by atoms with Gasteiger partial charge in [-0.1, -0.05) is 18.6 Å². The van der Waals surface area contributed by atoms with Crippen LogP contribution in [0.25, 0.3) is 0 Å². The van der Waals surface area contributed by atoms with Gasteiger partial charge in [0.25, 0.3) is 0 Å². The molecule has 1 atom stereocenters. The molecular formula is C14H23NO4. The number of ketones is 1. The van der Waals surface area contributed by atoms with E-state index in [1.807, 2.05) is 19.9 Å². The van der Waals surface area contributed by atoms with Crippen molar-refractivity contribution in [3.63, 3.8) is 0 Å². The topological polar surface area (TPSA) is 80.4 Å². The van der Waals surface area contributed by atoms with Crippen molar-refractivity contribution >= 4 is 5.78 Å². The Labute approximate surface area is 114 Å². The molecule has 0 aliphatic carbocycles. The van der Waals surface area contributed by atoms with Gasteiger partial charge in [-0.05, 0) is 33.6 Å². The highest BCUT2D eigenvalue weighted by molar-refractivity contribution is 5.80. The van der Waals surface area contributed by atoms with Crippen molar-refractivity contribution in [1.82, 2.24) is 0 Å². The molecule has 0 aliphatic rings. The molecule has 1 unspecified atom stereocenters. The van der Waals surface area contributed by atoms with Gasteiger partial charge in [-0.15, -0.1) is 0 Å². The number of hydrogen-bond donors (Lipinski definition) is 1. The highest BCUT2D eigenvalue weighted by Gasteiger charge is 2.31. The first kappa shape index (κ1) is 17.5. The summed E-state index contributed by atoms with van der Waals surface area (Å²) in [6, 6.07) is 0. The number of aliphatic hydroxyl groups is 1. The molecule has 0 saturated heterocycles. The molecule has 5 nitrogen and oxygen atoms in total. The number of carbonyl (C=O) groups is 1. The SMILES string of the molecule is CCC(O)(CC(=O)CCC=C(C)C)/C(C)=C/[N+](=O)[O-]. The number of nitrogens with zero attached hydrogens (tertiary/aromatic N) is 1. The van der Waals surface area contributed by atoms with Crippen molar-refractivity contribution in [3.8, 4) is 0 Å². The summed E-state index contributed by atoms with van der Waals surface area (Å²) < 4.78 is 0. The Morgan fingerprint density at radius 3 is 2.37 bits per heavy atom. The first-order chi connectivity index (χ1) is 8.71. The Hall–Kier alpha value is -1.49. The minimum absolute atomic E-state index is 0.0731. The zero-order valence-electron chi connectivity index (χ0n) is 12.1. The normalized spacial score (nSPS) is 14.7. The van der Waals surface area contributed by atoms with Gasteiger partial charge < -0.3 is 5.11 Å². The largest absolute Gasteiger partial charge is 0.385 e. The van der Waals surface area contributed by atoms with Gasteiger partial charge in [-0.2, -0.15) is 0 Å². The molecule has 0 radical (unpaired) electrons. The summed E-state index contributed by atoms with van der Waals surface area (Å²) in [6.07, 6.45) is 3.92. The van der Waals surface area contributed by atoms with Crippen molar-refractivity contribution in [3.05, 3.63) is 33.5 Å². The van der Waals surface area contributed by atoms with E-state index in [9.17, 15) is 20.0 Å². The molecule has 0 rings (SSSR count). The number of rotatable bonds is 8. The van der Waals surface area contributed by atoms with E-state index in [0.717, 1.165) is 11.8 Å². The maximum absolute atomic E-state index is 11.8. The smallest absolute Gasteiger partial charge is 0.236 e. The third-order valence-corrected chi connectivity index (χ3v) is 3.08. The Morgan fingerprint density at radius 2 is 1.95 bits per heavy atom. The quantitative estimate of drug-likeness (QED) is 0.417. The van der Waals surface area contributed by atoms with E-state index < -0.39 is 10.5 Å². The number of allylic oxidation sites excluding steroid dienone is 2. The Balaban J connectivity index is 4.66. The molecule has 0 saturated carbocycles. The highest BCUT2D eigenvalue weighted by atomic mass is 16.6. The molecule has 19 heavy (non-hydrogen) atoms. The summed E-state index contributed by atoms with van der Waals surface area (Å²) in [4.78, 5) is 21.6. The predicted octanol–water partition coefficient (Wildman–Crippen LogP) is 3.01. The van der Waals surface area contributed by atoms with Crippen LogP contribution >= 0.6 is 0 Å². The molecule has 0 aromatic heterocycles. The van der Waals surface area contributed by atoms with Crippen molar-refractivity contribution in [2.24, 2.45) is 0 Å². The van der Waals surface area contributed by atoms with Crippen LogP contribution in [0.2, 0.25) is 0 Å². The van der Waals surface area contributed by atoms with Crippen LogP contribution in [0.5, 0.6) is 0 Å². The van der Waals surface area contributed by atoms with Crippen LogP contribution in [-0.4, -0.2) is 21.4 Å². The van der Waals surface area contributed by atoms with Crippen LogP contribution in [0, 0.1) is 10.1 Å². The van der Waals surface area contributed by atoms with Crippen LogP contribution in [0.3, 0.4) is 0 Å². The molecule has 0 aromatic rings. The predicted molar refractivity (Wildman–Crippen MR) is 74.3 cm³/mol. The maximum atomic E-state index is 11.8. The second kappa shape index (κ2) is 7.84. The lowest BCUT2D eigenvalue weighted by molar-refractivity contribution is -0.404.